The second-order valence-corrected chi connectivity index (χ2v) is 5.23. The van der Waals surface area contributed by atoms with E-state index in [9.17, 15) is 18.0 Å². The zero-order chi connectivity index (χ0) is 16.4. The van der Waals surface area contributed by atoms with Crippen LogP contribution in [0.3, 0.4) is 0 Å². The van der Waals surface area contributed by atoms with E-state index < -0.39 is 11.7 Å². The minimum Gasteiger partial charge on any atom is -0.341 e. The van der Waals surface area contributed by atoms with Gasteiger partial charge < -0.3 is 4.90 Å². The summed E-state index contributed by atoms with van der Waals surface area (Å²) in [6, 6.07) is 2.57. The van der Waals surface area contributed by atoms with Gasteiger partial charge in [-0.15, -0.1) is 0 Å². The Hall–Kier alpha value is -1.52. The second-order valence-electron chi connectivity index (χ2n) is 5.23. The number of nitrogens with zero attached hydrogens (tertiary/aromatic N) is 1. The fraction of sp³-hybridized carbons (Fsp3) is 0.562. The third-order valence-electron chi connectivity index (χ3n) is 3.50. The van der Waals surface area contributed by atoms with E-state index in [2.05, 4.69) is 0 Å². The van der Waals surface area contributed by atoms with Gasteiger partial charge in [-0.25, -0.2) is 0 Å². The lowest BCUT2D eigenvalue weighted by atomic mass is 9.88. The predicted octanol–water partition coefficient (Wildman–Crippen LogP) is 4.48. The lowest BCUT2D eigenvalue weighted by Gasteiger charge is -2.27. The van der Waals surface area contributed by atoms with E-state index in [4.69, 9.17) is 0 Å². The number of likely N-dealkylation sites (N-methyl/N-ethyl adjacent to an activating group) is 1. The molecule has 5 heteroatoms. The molecule has 0 fully saturated rings. The van der Waals surface area contributed by atoms with Crippen molar-refractivity contribution >= 4 is 5.91 Å². The standard InChI is InChI=1S/C14H16F3NO.C2H6/c1-8(2)10-6-9-4-5-18(3)13(19)11(9)7-12(10)14(15,16)17;1-2/h6-8H,4-5H2,1-3H3;1-2H3. The van der Waals surface area contributed by atoms with Crippen LogP contribution in [0.4, 0.5) is 13.2 Å². The van der Waals surface area contributed by atoms with E-state index >= 15 is 0 Å². The van der Waals surface area contributed by atoms with E-state index in [0.717, 1.165) is 11.6 Å². The van der Waals surface area contributed by atoms with E-state index in [1.165, 1.54) is 4.90 Å². The van der Waals surface area contributed by atoms with Crippen molar-refractivity contribution in [2.45, 2.75) is 46.2 Å². The summed E-state index contributed by atoms with van der Waals surface area (Å²) < 4.78 is 39.2. The smallest absolute Gasteiger partial charge is 0.341 e. The SMILES string of the molecule is CC.CC(C)c1cc2c(cc1C(F)(F)F)C(=O)N(C)CC2. The number of alkyl halides is 3. The number of carbonyl (C=O) groups excluding carboxylic acids is 1. The Balaban J connectivity index is 0.00000106. The molecule has 1 aromatic rings. The Morgan fingerprint density at radius 2 is 1.76 bits per heavy atom. The van der Waals surface area contributed by atoms with Crippen molar-refractivity contribution in [2.24, 2.45) is 0 Å². The summed E-state index contributed by atoms with van der Waals surface area (Å²) in [7, 11) is 1.61. The Morgan fingerprint density at radius 1 is 1.19 bits per heavy atom. The fourth-order valence-corrected chi connectivity index (χ4v) is 2.39. The Kier molecular flexibility index (Phi) is 5.42. The molecule has 0 atom stereocenters. The molecule has 0 bridgehead atoms. The third kappa shape index (κ3) is 3.57. The zero-order valence-corrected chi connectivity index (χ0v) is 13.1. The zero-order valence-electron chi connectivity index (χ0n) is 13.1. The normalized spacial score (nSPS) is 14.7. The topological polar surface area (TPSA) is 20.3 Å². The summed E-state index contributed by atoms with van der Waals surface area (Å²) in [4.78, 5) is 13.4. The molecule has 1 aliphatic rings. The largest absolute Gasteiger partial charge is 0.416 e. The van der Waals surface area contributed by atoms with Crippen molar-refractivity contribution < 1.29 is 18.0 Å². The summed E-state index contributed by atoms with van der Waals surface area (Å²) in [5.41, 5.74) is 0.485. The van der Waals surface area contributed by atoms with Gasteiger partial charge in [0.2, 0.25) is 0 Å². The molecular weight excluding hydrogens is 279 g/mol. The van der Waals surface area contributed by atoms with Gasteiger partial charge in [-0.2, -0.15) is 13.2 Å². The molecule has 21 heavy (non-hydrogen) atoms. The maximum atomic E-state index is 13.1. The Bertz CT molecular complexity index is 521. The van der Waals surface area contributed by atoms with Crippen molar-refractivity contribution in [1.82, 2.24) is 4.90 Å². The fourth-order valence-electron chi connectivity index (χ4n) is 2.39. The first-order chi connectivity index (χ1) is 9.71. The van der Waals surface area contributed by atoms with Gasteiger partial charge in [-0.3, -0.25) is 4.79 Å². The molecule has 0 N–H and O–H groups in total. The Morgan fingerprint density at radius 3 is 2.24 bits per heavy atom. The maximum Gasteiger partial charge on any atom is 0.416 e. The molecule has 0 spiro atoms. The van der Waals surface area contributed by atoms with Crippen LogP contribution in [0.15, 0.2) is 12.1 Å². The van der Waals surface area contributed by atoms with E-state index in [1.54, 1.807) is 27.0 Å². The Labute approximate surface area is 123 Å². The molecule has 0 saturated carbocycles. The predicted molar refractivity (Wildman–Crippen MR) is 77.5 cm³/mol. The van der Waals surface area contributed by atoms with Crippen LogP contribution in [-0.2, 0) is 12.6 Å². The highest BCUT2D eigenvalue weighted by Gasteiger charge is 2.36. The maximum absolute atomic E-state index is 13.1. The van der Waals surface area contributed by atoms with Crippen LogP contribution >= 0.6 is 0 Å². The van der Waals surface area contributed by atoms with Crippen LogP contribution in [0.5, 0.6) is 0 Å². The van der Waals surface area contributed by atoms with Crippen LogP contribution in [0.2, 0.25) is 0 Å². The number of halogens is 3. The summed E-state index contributed by atoms with van der Waals surface area (Å²) in [5, 5.41) is 0. The number of hydrogen-bond donors (Lipinski definition) is 0. The van der Waals surface area contributed by atoms with Crippen molar-refractivity contribution in [1.29, 1.82) is 0 Å². The molecule has 2 rings (SSSR count). The highest BCUT2D eigenvalue weighted by atomic mass is 19.4. The number of benzene rings is 1. The molecular formula is C16H22F3NO. The van der Waals surface area contributed by atoms with Crippen molar-refractivity contribution in [2.75, 3.05) is 13.6 Å². The highest BCUT2D eigenvalue weighted by molar-refractivity contribution is 5.97. The lowest BCUT2D eigenvalue weighted by Crippen LogP contribution is -2.34. The van der Waals surface area contributed by atoms with Crippen molar-refractivity contribution in [3.63, 3.8) is 0 Å². The minimum absolute atomic E-state index is 0.186. The molecule has 2 nitrogen and oxygen atoms in total. The lowest BCUT2D eigenvalue weighted by molar-refractivity contribution is -0.138. The first-order valence-electron chi connectivity index (χ1n) is 7.21. The van der Waals surface area contributed by atoms with Gasteiger partial charge >= 0.3 is 6.18 Å². The van der Waals surface area contributed by atoms with Crippen LogP contribution in [0, 0.1) is 0 Å². The van der Waals surface area contributed by atoms with Gasteiger partial charge in [0, 0.05) is 19.2 Å². The molecule has 0 radical (unpaired) electrons. The highest BCUT2D eigenvalue weighted by Crippen LogP contribution is 2.37. The summed E-state index contributed by atoms with van der Waals surface area (Å²) in [5.74, 6) is -0.557. The van der Waals surface area contributed by atoms with Crippen LogP contribution in [-0.4, -0.2) is 24.4 Å². The molecule has 1 aliphatic heterocycles. The second kappa shape index (κ2) is 6.50. The van der Waals surface area contributed by atoms with Crippen LogP contribution in [0.1, 0.15) is 60.7 Å². The monoisotopic (exact) mass is 301 g/mol. The molecule has 0 aliphatic carbocycles. The minimum atomic E-state index is -4.43. The van der Waals surface area contributed by atoms with Gasteiger partial charge in [-0.1, -0.05) is 33.8 Å². The molecule has 118 valence electrons. The summed E-state index contributed by atoms with van der Waals surface area (Å²) >= 11 is 0. The third-order valence-corrected chi connectivity index (χ3v) is 3.50. The van der Waals surface area contributed by atoms with E-state index in [-0.39, 0.29) is 23.0 Å². The summed E-state index contributed by atoms with van der Waals surface area (Å²) in [6.07, 6.45) is -3.82. The van der Waals surface area contributed by atoms with Crippen molar-refractivity contribution in [3.05, 3.63) is 34.4 Å². The number of carbonyl (C=O) groups is 1. The molecule has 1 aromatic carbocycles. The quantitative estimate of drug-likeness (QED) is 0.748. The van der Waals surface area contributed by atoms with Crippen LogP contribution in [0.25, 0.3) is 0 Å². The molecule has 0 aromatic heterocycles. The van der Waals surface area contributed by atoms with Gasteiger partial charge in [0.05, 0.1) is 5.56 Å². The first-order valence-corrected chi connectivity index (χ1v) is 7.21. The summed E-state index contributed by atoms with van der Waals surface area (Å²) in [6.45, 7) is 8.01. The van der Waals surface area contributed by atoms with Crippen molar-refractivity contribution in [3.8, 4) is 0 Å². The van der Waals surface area contributed by atoms with Crippen LogP contribution < -0.4 is 0 Å². The average molecular weight is 301 g/mol. The van der Waals surface area contributed by atoms with Gasteiger partial charge in [-0.05, 0) is 29.5 Å². The first kappa shape index (κ1) is 17.5. The average Bonchev–Trinajstić information content (AvgIpc) is 2.43. The number of rotatable bonds is 1. The van der Waals surface area contributed by atoms with Gasteiger partial charge in [0.15, 0.2) is 0 Å². The van der Waals surface area contributed by atoms with Gasteiger partial charge in [0.1, 0.15) is 0 Å². The van der Waals surface area contributed by atoms with E-state index in [0.29, 0.717) is 13.0 Å². The van der Waals surface area contributed by atoms with Gasteiger partial charge in [0.25, 0.3) is 5.91 Å². The molecule has 0 saturated heterocycles. The van der Waals surface area contributed by atoms with E-state index in [1.807, 2.05) is 13.8 Å². The number of hydrogen-bond acceptors (Lipinski definition) is 1. The molecule has 1 heterocycles. The molecule has 0 unspecified atom stereocenters. The molecule has 1 amide bonds. The number of amides is 1. The number of fused-ring (bicyclic) bond motifs is 1.